The number of para-hydroxylation sites is 3. The Kier molecular flexibility index (Phi) is 9.35. The van der Waals surface area contributed by atoms with Gasteiger partial charge in [-0.05, 0) is 54.6 Å². The van der Waals surface area contributed by atoms with E-state index < -0.39 is 0 Å². The van der Waals surface area contributed by atoms with E-state index in [1.54, 1.807) is 0 Å². The van der Waals surface area contributed by atoms with Crippen LogP contribution < -0.4 is 0 Å². The molecule has 0 amide bonds. The standard InChI is InChI=1S/C61H39N7/c1-5-19-40(20-6-1)51-39-52(41-21-7-2-8-22-41)63-61(62-51)50-37-44(60-65-58(42-23-9-3-10-24-42)64-59(66-60)43-25-11-4-12-26-43)33-36-56(50)68-55-32-18-15-29-48(55)49-35-34-45(38-57(49)68)67-53-30-16-13-27-46(53)47-28-14-17-31-54(47)67/h1-39H. The molecule has 68 heavy (non-hydrogen) atoms. The van der Waals surface area contributed by atoms with Crippen molar-refractivity contribution in [3.63, 3.8) is 0 Å². The Hall–Kier alpha value is -9.33. The van der Waals surface area contributed by atoms with Gasteiger partial charge in [0.05, 0.1) is 39.1 Å². The number of aromatic nitrogens is 7. The molecule has 0 aliphatic carbocycles. The van der Waals surface area contributed by atoms with Gasteiger partial charge in [0.1, 0.15) is 0 Å². The van der Waals surface area contributed by atoms with Crippen molar-refractivity contribution in [3.8, 4) is 79.4 Å². The summed E-state index contributed by atoms with van der Waals surface area (Å²) in [7, 11) is 0. The van der Waals surface area contributed by atoms with Crippen LogP contribution in [-0.2, 0) is 0 Å². The van der Waals surface area contributed by atoms with Gasteiger partial charge in [-0.15, -0.1) is 0 Å². The summed E-state index contributed by atoms with van der Waals surface area (Å²) in [4.78, 5) is 26.2. The first-order valence-corrected chi connectivity index (χ1v) is 22.8. The van der Waals surface area contributed by atoms with E-state index in [2.05, 4.69) is 149 Å². The number of hydrogen-bond acceptors (Lipinski definition) is 5. The van der Waals surface area contributed by atoms with Crippen LogP contribution in [0.15, 0.2) is 237 Å². The SMILES string of the molecule is c1ccc(-c2cc(-c3ccccc3)nc(-c3cc(-c4nc(-c5ccccc5)nc(-c5ccccc5)n4)ccc3-n3c4ccccc4c4ccc(-n5c6ccccc6c6ccccc65)cc43)n2)cc1. The van der Waals surface area contributed by atoms with Gasteiger partial charge in [0.15, 0.2) is 23.3 Å². The molecule has 318 valence electrons. The summed E-state index contributed by atoms with van der Waals surface area (Å²) in [5, 5.41) is 4.72. The van der Waals surface area contributed by atoms with Crippen molar-refractivity contribution in [3.05, 3.63) is 237 Å². The van der Waals surface area contributed by atoms with E-state index in [1.807, 2.05) is 97.1 Å². The van der Waals surface area contributed by atoms with Crippen LogP contribution >= 0.6 is 0 Å². The molecule has 0 spiro atoms. The fraction of sp³-hybridized carbons (Fsp3) is 0. The zero-order valence-electron chi connectivity index (χ0n) is 36.6. The van der Waals surface area contributed by atoms with Gasteiger partial charge in [0.25, 0.3) is 0 Å². The average Bonchev–Trinajstić information content (AvgIpc) is 3.94. The molecular formula is C61H39N7. The normalized spacial score (nSPS) is 11.5. The van der Waals surface area contributed by atoms with Gasteiger partial charge in [-0.1, -0.05) is 182 Å². The first-order valence-electron chi connectivity index (χ1n) is 22.8. The molecule has 7 nitrogen and oxygen atoms in total. The highest BCUT2D eigenvalue weighted by Gasteiger charge is 2.22. The van der Waals surface area contributed by atoms with Gasteiger partial charge in [0.2, 0.25) is 0 Å². The lowest BCUT2D eigenvalue weighted by atomic mass is 10.0. The van der Waals surface area contributed by atoms with Crippen LogP contribution in [0.2, 0.25) is 0 Å². The minimum atomic E-state index is 0.545. The minimum Gasteiger partial charge on any atom is -0.309 e. The topological polar surface area (TPSA) is 74.3 Å². The monoisotopic (exact) mass is 869 g/mol. The Morgan fingerprint density at radius 3 is 1.16 bits per heavy atom. The summed E-state index contributed by atoms with van der Waals surface area (Å²) in [5.41, 5.74) is 13.5. The third-order valence-electron chi connectivity index (χ3n) is 12.8. The fourth-order valence-corrected chi connectivity index (χ4v) is 9.63. The van der Waals surface area contributed by atoms with Crippen LogP contribution in [0, 0.1) is 0 Å². The Balaban J connectivity index is 1.11. The Labute approximate surface area is 392 Å². The number of nitrogens with zero attached hydrogens (tertiary/aromatic N) is 7. The van der Waals surface area contributed by atoms with Crippen LogP contribution in [-0.4, -0.2) is 34.1 Å². The van der Waals surface area contributed by atoms with Gasteiger partial charge < -0.3 is 9.13 Å². The highest BCUT2D eigenvalue weighted by Crippen LogP contribution is 2.41. The van der Waals surface area contributed by atoms with Crippen molar-refractivity contribution in [2.75, 3.05) is 0 Å². The third kappa shape index (κ3) is 6.72. The van der Waals surface area contributed by atoms with Crippen molar-refractivity contribution in [2.45, 2.75) is 0 Å². The quantitative estimate of drug-likeness (QED) is 0.152. The summed E-state index contributed by atoms with van der Waals surface area (Å²) in [6.45, 7) is 0. The summed E-state index contributed by atoms with van der Waals surface area (Å²) < 4.78 is 4.75. The highest BCUT2D eigenvalue weighted by molar-refractivity contribution is 6.12. The second kappa shape index (κ2) is 16.3. The van der Waals surface area contributed by atoms with E-state index >= 15 is 0 Å². The van der Waals surface area contributed by atoms with E-state index in [0.29, 0.717) is 23.3 Å². The van der Waals surface area contributed by atoms with Crippen LogP contribution in [0.5, 0.6) is 0 Å². The van der Waals surface area contributed by atoms with Crippen molar-refractivity contribution in [2.24, 2.45) is 0 Å². The first kappa shape index (κ1) is 39.1. The van der Waals surface area contributed by atoms with Gasteiger partial charge in [-0.2, -0.15) is 0 Å². The first-order chi connectivity index (χ1) is 33.7. The van der Waals surface area contributed by atoms with Gasteiger partial charge >= 0.3 is 0 Å². The lowest BCUT2D eigenvalue weighted by Crippen LogP contribution is -2.04. The van der Waals surface area contributed by atoms with E-state index in [0.717, 1.165) is 89.0 Å². The summed E-state index contributed by atoms with van der Waals surface area (Å²) in [6, 6.07) is 82.2. The molecular weight excluding hydrogens is 831 g/mol. The van der Waals surface area contributed by atoms with Gasteiger partial charge in [-0.25, -0.2) is 24.9 Å². The van der Waals surface area contributed by atoms with Crippen LogP contribution in [0.25, 0.3) is 123 Å². The molecule has 0 atom stereocenters. The molecule has 13 aromatic rings. The second-order valence-electron chi connectivity index (χ2n) is 16.9. The Bertz CT molecular complexity index is 3840. The zero-order valence-corrected chi connectivity index (χ0v) is 36.6. The molecule has 0 saturated heterocycles. The smallest absolute Gasteiger partial charge is 0.164 e. The van der Waals surface area contributed by atoms with Crippen molar-refractivity contribution < 1.29 is 0 Å². The second-order valence-corrected chi connectivity index (χ2v) is 16.9. The minimum absolute atomic E-state index is 0.545. The molecule has 0 radical (unpaired) electrons. The molecule has 4 aromatic heterocycles. The van der Waals surface area contributed by atoms with Crippen LogP contribution in [0.3, 0.4) is 0 Å². The van der Waals surface area contributed by atoms with Crippen molar-refractivity contribution in [1.82, 2.24) is 34.1 Å². The lowest BCUT2D eigenvalue weighted by molar-refractivity contribution is 1.07. The molecule has 4 heterocycles. The van der Waals surface area contributed by atoms with Gasteiger partial charge in [0, 0.05) is 60.6 Å². The maximum atomic E-state index is 5.44. The predicted molar refractivity (Wildman–Crippen MR) is 277 cm³/mol. The molecule has 0 N–H and O–H groups in total. The fourth-order valence-electron chi connectivity index (χ4n) is 9.63. The van der Waals surface area contributed by atoms with Crippen LogP contribution in [0.4, 0.5) is 0 Å². The van der Waals surface area contributed by atoms with Crippen molar-refractivity contribution >= 4 is 43.6 Å². The van der Waals surface area contributed by atoms with Crippen LogP contribution in [0.1, 0.15) is 0 Å². The number of benzene rings is 9. The maximum Gasteiger partial charge on any atom is 0.164 e. The largest absolute Gasteiger partial charge is 0.309 e. The highest BCUT2D eigenvalue weighted by atomic mass is 15.0. The molecule has 13 rings (SSSR count). The molecule has 0 saturated carbocycles. The molecule has 0 unspecified atom stereocenters. The number of rotatable bonds is 8. The van der Waals surface area contributed by atoms with Gasteiger partial charge in [-0.3, -0.25) is 0 Å². The molecule has 0 fully saturated rings. The summed E-state index contributed by atoms with van der Waals surface area (Å²) >= 11 is 0. The summed E-state index contributed by atoms with van der Waals surface area (Å²) in [6.07, 6.45) is 0. The molecule has 0 aliphatic heterocycles. The van der Waals surface area contributed by atoms with E-state index in [1.165, 1.54) is 10.8 Å². The van der Waals surface area contributed by atoms with E-state index in [4.69, 9.17) is 24.9 Å². The maximum absolute atomic E-state index is 5.44. The molecule has 9 aromatic carbocycles. The number of hydrogen-bond donors (Lipinski definition) is 0. The summed E-state index contributed by atoms with van der Waals surface area (Å²) in [5.74, 6) is 2.30. The Morgan fingerprint density at radius 1 is 0.250 bits per heavy atom. The van der Waals surface area contributed by atoms with E-state index in [9.17, 15) is 0 Å². The predicted octanol–water partition coefficient (Wildman–Crippen LogP) is 14.9. The van der Waals surface area contributed by atoms with E-state index in [-0.39, 0.29) is 0 Å². The zero-order chi connectivity index (χ0) is 45.0. The molecule has 0 bridgehead atoms. The third-order valence-corrected chi connectivity index (χ3v) is 12.8. The average molecular weight is 870 g/mol. The number of fused-ring (bicyclic) bond motifs is 6. The Morgan fingerprint density at radius 2 is 0.662 bits per heavy atom. The lowest BCUT2D eigenvalue weighted by Gasteiger charge is -2.17. The van der Waals surface area contributed by atoms with Crippen molar-refractivity contribution in [1.29, 1.82) is 0 Å². The molecule has 7 heteroatoms. The molecule has 0 aliphatic rings.